The van der Waals surface area contributed by atoms with Gasteiger partial charge in [-0.2, -0.15) is 0 Å². The molecule has 4 rings (SSSR count). The van der Waals surface area contributed by atoms with Gasteiger partial charge in [0, 0.05) is 11.2 Å². The molecule has 0 aliphatic carbocycles. The Labute approximate surface area is 172 Å². The van der Waals surface area contributed by atoms with Crippen molar-refractivity contribution in [3.63, 3.8) is 0 Å². The molecule has 0 spiro atoms. The molecule has 2 aromatic carbocycles. The van der Waals surface area contributed by atoms with Gasteiger partial charge in [-0.05, 0) is 55.0 Å². The van der Waals surface area contributed by atoms with E-state index in [1.165, 1.54) is 28.7 Å². The van der Waals surface area contributed by atoms with Crippen LogP contribution in [-0.2, 0) is 16.6 Å². The highest BCUT2D eigenvalue weighted by molar-refractivity contribution is 7.92. The number of anilines is 1. The van der Waals surface area contributed by atoms with Crippen LogP contribution in [0.15, 0.2) is 71.8 Å². The van der Waals surface area contributed by atoms with Gasteiger partial charge in [0.05, 0.1) is 12.2 Å². The molecule has 0 aliphatic rings. The zero-order valence-corrected chi connectivity index (χ0v) is 16.9. The predicted molar refractivity (Wildman–Crippen MR) is 109 cm³/mol. The summed E-state index contributed by atoms with van der Waals surface area (Å²) in [6.07, 6.45) is 1.49. The highest BCUT2D eigenvalue weighted by Gasteiger charge is 2.26. The van der Waals surface area contributed by atoms with Crippen molar-refractivity contribution < 1.29 is 12.8 Å². The zero-order valence-electron chi connectivity index (χ0n) is 15.3. The Bertz CT molecular complexity index is 1290. The molecule has 2 heterocycles. The summed E-state index contributed by atoms with van der Waals surface area (Å²) >= 11 is 6.10. The quantitative estimate of drug-likeness (QED) is 0.475. The number of pyridine rings is 1. The molecule has 0 N–H and O–H groups in total. The molecule has 0 radical (unpaired) electrons. The lowest BCUT2D eigenvalue weighted by Gasteiger charge is -2.25. The molecule has 0 bridgehead atoms. The number of sulfonamides is 1. The maximum Gasteiger partial charge on any atom is 0.266 e. The summed E-state index contributed by atoms with van der Waals surface area (Å²) in [4.78, 5) is 0.0787. The first-order valence-electron chi connectivity index (χ1n) is 8.69. The van der Waals surface area contributed by atoms with E-state index in [1.54, 1.807) is 53.8 Å². The Hall–Kier alpha value is -2.97. The molecule has 0 saturated heterocycles. The standard InChI is InChI=1S/C20H16ClFN4O2S/c1-14-23-24-20-10-9-19(13-25(14)20)29(27,28)26(18-4-2-3-16(21)11-18)12-15-5-7-17(22)8-6-15/h2-11,13H,12H2,1H3. The van der Waals surface area contributed by atoms with Gasteiger partial charge >= 0.3 is 0 Å². The van der Waals surface area contributed by atoms with Crippen LogP contribution in [0, 0.1) is 12.7 Å². The van der Waals surface area contributed by atoms with Crippen LogP contribution < -0.4 is 4.31 Å². The van der Waals surface area contributed by atoms with Crippen molar-refractivity contribution in [2.75, 3.05) is 4.31 Å². The van der Waals surface area contributed by atoms with E-state index in [4.69, 9.17) is 11.6 Å². The molecule has 148 valence electrons. The van der Waals surface area contributed by atoms with Crippen molar-refractivity contribution in [1.82, 2.24) is 14.6 Å². The van der Waals surface area contributed by atoms with Gasteiger partial charge in [0.1, 0.15) is 16.5 Å². The van der Waals surface area contributed by atoms with Crippen LogP contribution >= 0.6 is 11.6 Å². The smallest absolute Gasteiger partial charge is 0.266 e. The number of halogens is 2. The van der Waals surface area contributed by atoms with Gasteiger partial charge in [-0.3, -0.25) is 8.71 Å². The molecule has 0 amide bonds. The monoisotopic (exact) mass is 430 g/mol. The molecule has 0 saturated carbocycles. The minimum Gasteiger partial charge on any atom is -0.285 e. The third kappa shape index (κ3) is 3.81. The van der Waals surface area contributed by atoms with Gasteiger partial charge in [0.25, 0.3) is 10.0 Å². The van der Waals surface area contributed by atoms with E-state index >= 15 is 0 Å². The van der Waals surface area contributed by atoms with Crippen LogP contribution in [0.1, 0.15) is 11.4 Å². The molecule has 4 aromatic rings. The molecule has 9 heteroatoms. The van der Waals surface area contributed by atoms with Crippen molar-refractivity contribution in [2.45, 2.75) is 18.4 Å². The normalized spacial score (nSPS) is 11.7. The number of fused-ring (bicyclic) bond motifs is 1. The number of benzene rings is 2. The highest BCUT2D eigenvalue weighted by atomic mass is 35.5. The minimum absolute atomic E-state index is 0.0160. The van der Waals surface area contributed by atoms with Crippen LogP contribution in [0.25, 0.3) is 5.65 Å². The van der Waals surface area contributed by atoms with Crippen molar-refractivity contribution in [3.8, 4) is 0 Å². The van der Waals surface area contributed by atoms with E-state index < -0.39 is 10.0 Å². The summed E-state index contributed by atoms with van der Waals surface area (Å²) in [6.45, 7) is 1.76. The minimum atomic E-state index is -3.96. The largest absolute Gasteiger partial charge is 0.285 e. The molecule has 0 atom stereocenters. The lowest BCUT2D eigenvalue weighted by Crippen LogP contribution is -2.30. The maximum absolute atomic E-state index is 13.5. The number of rotatable bonds is 5. The Morgan fingerprint density at radius 1 is 1.07 bits per heavy atom. The summed E-state index contributed by atoms with van der Waals surface area (Å²) in [5, 5.41) is 8.35. The van der Waals surface area contributed by atoms with Crippen LogP contribution in [0.5, 0.6) is 0 Å². The number of aromatic nitrogens is 3. The van der Waals surface area contributed by atoms with Crippen LogP contribution in [0.4, 0.5) is 10.1 Å². The number of nitrogens with zero attached hydrogens (tertiary/aromatic N) is 4. The molecule has 2 aromatic heterocycles. The first kappa shape index (κ1) is 19.4. The molecule has 0 unspecified atom stereocenters. The molecular formula is C20H16ClFN4O2S. The summed E-state index contributed by atoms with van der Waals surface area (Å²) in [6, 6.07) is 15.4. The fourth-order valence-electron chi connectivity index (χ4n) is 2.97. The van der Waals surface area contributed by atoms with Crippen molar-refractivity contribution in [2.24, 2.45) is 0 Å². The van der Waals surface area contributed by atoms with Gasteiger partial charge in [-0.1, -0.05) is 29.8 Å². The number of hydrogen-bond donors (Lipinski definition) is 0. The van der Waals surface area contributed by atoms with E-state index in [-0.39, 0.29) is 17.3 Å². The van der Waals surface area contributed by atoms with Gasteiger partial charge in [0.15, 0.2) is 5.65 Å². The van der Waals surface area contributed by atoms with Crippen LogP contribution in [-0.4, -0.2) is 23.0 Å². The Balaban J connectivity index is 1.83. The van der Waals surface area contributed by atoms with E-state index in [1.807, 2.05) is 0 Å². The van der Waals surface area contributed by atoms with E-state index in [0.29, 0.717) is 27.7 Å². The zero-order chi connectivity index (χ0) is 20.6. The summed E-state index contributed by atoms with van der Waals surface area (Å²) in [7, 11) is -3.96. The molecule has 6 nitrogen and oxygen atoms in total. The van der Waals surface area contributed by atoms with Crippen molar-refractivity contribution >= 4 is 33.0 Å². The molecular weight excluding hydrogens is 415 g/mol. The van der Waals surface area contributed by atoms with E-state index in [2.05, 4.69) is 10.2 Å². The average Bonchev–Trinajstić information content (AvgIpc) is 3.08. The number of aryl methyl sites for hydroxylation is 1. The van der Waals surface area contributed by atoms with Gasteiger partial charge in [-0.25, -0.2) is 12.8 Å². The first-order valence-corrected chi connectivity index (χ1v) is 10.5. The lowest BCUT2D eigenvalue weighted by atomic mass is 10.2. The fourth-order valence-corrected chi connectivity index (χ4v) is 4.60. The van der Waals surface area contributed by atoms with Crippen molar-refractivity contribution in [1.29, 1.82) is 0 Å². The second-order valence-corrected chi connectivity index (χ2v) is 8.76. The van der Waals surface area contributed by atoms with Crippen LogP contribution in [0.2, 0.25) is 5.02 Å². The predicted octanol–water partition coefficient (Wildman–Crippen LogP) is 4.23. The van der Waals surface area contributed by atoms with Gasteiger partial charge in [-0.15, -0.1) is 10.2 Å². The fraction of sp³-hybridized carbons (Fsp3) is 0.100. The van der Waals surface area contributed by atoms with Crippen LogP contribution in [0.3, 0.4) is 0 Å². The molecule has 29 heavy (non-hydrogen) atoms. The second-order valence-electron chi connectivity index (χ2n) is 6.46. The molecule has 0 fully saturated rings. The van der Waals surface area contributed by atoms with Gasteiger partial charge in [0.2, 0.25) is 0 Å². The Kier molecular flexibility index (Phi) is 4.97. The summed E-state index contributed by atoms with van der Waals surface area (Å²) < 4.78 is 43.2. The lowest BCUT2D eigenvalue weighted by molar-refractivity contribution is 0.589. The summed E-state index contributed by atoms with van der Waals surface area (Å²) in [5.41, 5.74) is 1.59. The summed E-state index contributed by atoms with van der Waals surface area (Å²) in [5.74, 6) is 0.185. The number of hydrogen-bond acceptors (Lipinski definition) is 4. The average molecular weight is 431 g/mol. The Morgan fingerprint density at radius 3 is 2.55 bits per heavy atom. The van der Waals surface area contributed by atoms with Crippen molar-refractivity contribution in [3.05, 3.63) is 89.1 Å². The van der Waals surface area contributed by atoms with E-state index in [9.17, 15) is 12.8 Å². The Morgan fingerprint density at radius 2 is 1.83 bits per heavy atom. The highest BCUT2D eigenvalue weighted by Crippen LogP contribution is 2.28. The second kappa shape index (κ2) is 7.46. The topological polar surface area (TPSA) is 67.6 Å². The van der Waals surface area contributed by atoms with E-state index in [0.717, 1.165) is 0 Å². The third-order valence-corrected chi connectivity index (χ3v) is 6.46. The third-order valence-electron chi connectivity index (χ3n) is 4.47. The SMILES string of the molecule is Cc1nnc2ccc(S(=O)(=O)N(Cc3ccc(F)cc3)c3cccc(Cl)c3)cn12. The first-order chi connectivity index (χ1) is 13.8. The maximum atomic E-state index is 13.5. The molecule has 0 aliphatic heterocycles. The van der Waals surface area contributed by atoms with Gasteiger partial charge < -0.3 is 0 Å².